The maximum Gasteiger partial charge on any atom is 0.340 e. The number of hydrogen-bond acceptors (Lipinski definition) is 7. The van der Waals surface area contributed by atoms with Gasteiger partial charge in [-0.2, -0.15) is 4.31 Å². The molecule has 2 heterocycles. The van der Waals surface area contributed by atoms with E-state index < -0.39 is 34.4 Å². The summed E-state index contributed by atoms with van der Waals surface area (Å²) in [5, 5.41) is 5.17. The summed E-state index contributed by atoms with van der Waals surface area (Å²) in [6.07, 6.45) is 4.99. The molecule has 1 aliphatic rings. The molecule has 10 nitrogen and oxygen atoms in total. The van der Waals surface area contributed by atoms with Gasteiger partial charge in [-0.3, -0.25) is 9.59 Å². The number of ether oxygens (including phenoxy) is 1. The molecule has 0 unspecified atom stereocenters. The standard InChI is InChI=1S/C27H29N3O7S/c1-19-12-13-20(17-24(19)38(34,35)30-14-6-2-3-7-15-30)28-25(31)18-37-27(33)21-9-4-5-10-22(21)29-26(32)23-11-8-16-36-23/h4-5,8-13,16-17H,2-3,6-7,14-15,18H2,1H3,(H,28,31)(H,29,32). The van der Waals surface area contributed by atoms with E-state index >= 15 is 0 Å². The first kappa shape index (κ1) is 27.1. The lowest BCUT2D eigenvalue weighted by atomic mass is 10.1. The van der Waals surface area contributed by atoms with Crippen molar-refractivity contribution in [2.75, 3.05) is 30.3 Å². The first-order valence-corrected chi connectivity index (χ1v) is 13.7. The highest BCUT2D eigenvalue weighted by atomic mass is 32.2. The molecule has 2 N–H and O–H groups in total. The smallest absolute Gasteiger partial charge is 0.340 e. The number of sulfonamides is 1. The van der Waals surface area contributed by atoms with E-state index in [0.29, 0.717) is 18.7 Å². The molecule has 2 aromatic carbocycles. The van der Waals surface area contributed by atoms with Crippen molar-refractivity contribution in [3.63, 3.8) is 0 Å². The zero-order valence-electron chi connectivity index (χ0n) is 20.9. The van der Waals surface area contributed by atoms with Crippen LogP contribution in [0.25, 0.3) is 0 Å². The summed E-state index contributed by atoms with van der Waals surface area (Å²) in [4.78, 5) is 37.6. The van der Waals surface area contributed by atoms with Gasteiger partial charge in [0, 0.05) is 18.8 Å². The molecule has 0 saturated carbocycles. The van der Waals surface area contributed by atoms with E-state index in [4.69, 9.17) is 9.15 Å². The van der Waals surface area contributed by atoms with Crippen molar-refractivity contribution < 1.29 is 32.0 Å². The minimum Gasteiger partial charge on any atom is -0.459 e. The predicted octanol–water partition coefficient (Wildman–Crippen LogP) is 4.20. The van der Waals surface area contributed by atoms with E-state index in [9.17, 15) is 22.8 Å². The molecule has 38 heavy (non-hydrogen) atoms. The van der Waals surface area contributed by atoms with Gasteiger partial charge in [-0.15, -0.1) is 0 Å². The van der Waals surface area contributed by atoms with Crippen molar-refractivity contribution in [1.82, 2.24) is 4.31 Å². The monoisotopic (exact) mass is 539 g/mol. The maximum absolute atomic E-state index is 13.3. The molecular formula is C27H29N3O7S. The van der Waals surface area contributed by atoms with Gasteiger partial charge in [0.1, 0.15) is 0 Å². The quantitative estimate of drug-likeness (QED) is 0.410. The lowest BCUT2D eigenvalue weighted by Gasteiger charge is -2.21. The summed E-state index contributed by atoms with van der Waals surface area (Å²) in [7, 11) is -3.71. The van der Waals surface area contributed by atoms with Crippen LogP contribution in [0.15, 0.2) is 70.2 Å². The van der Waals surface area contributed by atoms with Crippen LogP contribution in [-0.2, 0) is 19.6 Å². The topological polar surface area (TPSA) is 135 Å². The molecule has 0 bridgehead atoms. The summed E-state index contributed by atoms with van der Waals surface area (Å²) >= 11 is 0. The summed E-state index contributed by atoms with van der Waals surface area (Å²) < 4.78 is 38.2. The van der Waals surface area contributed by atoms with Crippen molar-refractivity contribution in [1.29, 1.82) is 0 Å². The molecule has 1 aliphatic heterocycles. The number of amides is 2. The summed E-state index contributed by atoms with van der Waals surface area (Å²) in [6, 6.07) is 13.9. The number of carbonyl (C=O) groups excluding carboxylic acids is 3. The Kier molecular flexibility index (Phi) is 8.59. The summed E-state index contributed by atoms with van der Waals surface area (Å²) in [6.45, 7) is 2.04. The number of aryl methyl sites for hydroxylation is 1. The van der Waals surface area contributed by atoms with Crippen LogP contribution in [0.4, 0.5) is 11.4 Å². The summed E-state index contributed by atoms with van der Waals surface area (Å²) in [5.41, 5.74) is 1.10. The SMILES string of the molecule is Cc1ccc(NC(=O)COC(=O)c2ccccc2NC(=O)c2ccco2)cc1S(=O)(=O)N1CCCCCC1. The normalized spacial score (nSPS) is 14.3. The zero-order chi connectivity index (χ0) is 27.1. The molecule has 4 rings (SSSR count). The first-order valence-electron chi connectivity index (χ1n) is 12.3. The molecule has 1 saturated heterocycles. The Bertz CT molecular complexity index is 1410. The summed E-state index contributed by atoms with van der Waals surface area (Å²) in [5.74, 6) is -1.93. The molecule has 0 spiro atoms. The highest BCUT2D eigenvalue weighted by Gasteiger charge is 2.27. The molecule has 11 heteroatoms. The second-order valence-electron chi connectivity index (χ2n) is 8.90. The second kappa shape index (κ2) is 12.1. The van der Waals surface area contributed by atoms with Crippen molar-refractivity contribution >= 4 is 39.2 Å². The average molecular weight is 540 g/mol. The number of benzene rings is 2. The van der Waals surface area contributed by atoms with Gasteiger partial charge < -0.3 is 19.8 Å². The Morgan fingerprint density at radius 2 is 1.68 bits per heavy atom. The predicted molar refractivity (Wildman–Crippen MR) is 140 cm³/mol. The van der Waals surface area contributed by atoms with Gasteiger partial charge in [-0.25, -0.2) is 13.2 Å². The minimum atomic E-state index is -3.71. The molecule has 2 amide bonds. The largest absolute Gasteiger partial charge is 0.459 e. The highest BCUT2D eigenvalue weighted by Crippen LogP contribution is 2.26. The van der Waals surface area contributed by atoms with Crippen molar-refractivity contribution in [2.24, 2.45) is 0 Å². The molecule has 200 valence electrons. The number of para-hydroxylation sites is 1. The van der Waals surface area contributed by atoms with Gasteiger partial charge in [0.2, 0.25) is 10.0 Å². The van der Waals surface area contributed by atoms with Crippen LogP contribution in [0.3, 0.4) is 0 Å². The molecular weight excluding hydrogens is 510 g/mol. The lowest BCUT2D eigenvalue weighted by Crippen LogP contribution is -2.32. The fourth-order valence-corrected chi connectivity index (χ4v) is 5.91. The number of nitrogens with one attached hydrogen (secondary N) is 2. The Hall–Kier alpha value is -3.96. The van der Waals surface area contributed by atoms with Gasteiger partial charge in [-0.05, 0) is 61.7 Å². The Labute approximate surface area is 221 Å². The first-order chi connectivity index (χ1) is 18.3. The van der Waals surface area contributed by atoms with Crippen LogP contribution < -0.4 is 10.6 Å². The highest BCUT2D eigenvalue weighted by molar-refractivity contribution is 7.89. The number of nitrogens with zero attached hydrogens (tertiary/aromatic N) is 1. The number of hydrogen-bond donors (Lipinski definition) is 2. The van der Waals surface area contributed by atoms with E-state index in [-0.39, 0.29) is 27.6 Å². The third-order valence-electron chi connectivity index (χ3n) is 6.13. The number of esters is 1. The number of anilines is 2. The molecule has 0 radical (unpaired) electrons. The van der Waals surface area contributed by atoms with Crippen molar-refractivity contribution in [3.05, 3.63) is 77.7 Å². The number of rotatable bonds is 8. The van der Waals surface area contributed by atoms with E-state index in [1.54, 1.807) is 37.3 Å². The fraction of sp³-hybridized carbons (Fsp3) is 0.296. The molecule has 1 fully saturated rings. The van der Waals surface area contributed by atoms with Gasteiger partial charge in [-0.1, -0.05) is 31.0 Å². The van der Waals surface area contributed by atoms with Crippen LogP contribution in [0.2, 0.25) is 0 Å². The maximum atomic E-state index is 13.3. The Balaban J connectivity index is 1.39. The Morgan fingerprint density at radius 3 is 2.39 bits per heavy atom. The van der Waals surface area contributed by atoms with Crippen LogP contribution in [-0.4, -0.2) is 50.2 Å². The van der Waals surface area contributed by atoms with Gasteiger partial charge >= 0.3 is 5.97 Å². The minimum absolute atomic E-state index is 0.0568. The van der Waals surface area contributed by atoms with Crippen molar-refractivity contribution in [3.8, 4) is 0 Å². The molecule has 3 aromatic rings. The fourth-order valence-electron chi connectivity index (χ4n) is 4.14. The van der Waals surface area contributed by atoms with E-state index in [1.165, 1.54) is 34.8 Å². The van der Waals surface area contributed by atoms with E-state index in [2.05, 4.69) is 10.6 Å². The molecule has 0 aliphatic carbocycles. The van der Waals surface area contributed by atoms with Gasteiger partial charge in [0.25, 0.3) is 11.8 Å². The zero-order valence-corrected chi connectivity index (χ0v) is 21.8. The molecule has 0 atom stereocenters. The van der Waals surface area contributed by atoms with E-state index in [0.717, 1.165) is 25.7 Å². The average Bonchev–Trinajstić information content (AvgIpc) is 3.30. The van der Waals surface area contributed by atoms with Crippen LogP contribution >= 0.6 is 0 Å². The third-order valence-corrected chi connectivity index (χ3v) is 8.17. The Morgan fingerprint density at radius 1 is 0.947 bits per heavy atom. The van der Waals surface area contributed by atoms with Crippen LogP contribution in [0, 0.1) is 6.92 Å². The van der Waals surface area contributed by atoms with Gasteiger partial charge in [0.15, 0.2) is 12.4 Å². The second-order valence-corrected chi connectivity index (χ2v) is 10.8. The van der Waals surface area contributed by atoms with Crippen LogP contribution in [0.1, 0.15) is 52.2 Å². The third kappa shape index (κ3) is 6.48. The van der Waals surface area contributed by atoms with Crippen molar-refractivity contribution in [2.45, 2.75) is 37.5 Å². The van der Waals surface area contributed by atoms with E-state index in [1.807, 2.05) is 0 Å². The molecule has 1 aromatic heterocycles. The number of carbonyl (C=O) groups is 3. The van der Waals surface area contributed by atoms with Crippen LogP contribution in [0.5, 0.6) is 0 Å². The lowest BCUT2D eigenvalue weighted by molar-refractivity contribution is -0.119. The number of furan rings is 1. The van der Waals surface area contributed by atoms with Gasteiger partial charge in [0.05, 0.1) is 22.4 Å².